The second-order valence-corrected chi connectivity index (χ2v) is 7.02. The molecule has 0 spiro atoms. The van der Waals surface area contributed by atoms with Crippen molar-refractivity contribution < 1.29 is 15.0 Å². The molecule has 1 heterocycles. The van der Waals surface area contributed by atoms with Gasteiger partial charge in [0.15, 0.2) is 5.72 Å². The van der Waals surface area contributed by atoms with Gasteiger partial charge in [0, 0.05) is 22.2 Å². The maximum atomic E-state index is 13.0. The third kappa shape index (κ3) is 3.07. The van der Waals surface area contributed by atoms with Crippen LogP contribution in [0.25, 0.3) is 0 Å². The molecule has 1 unspecified atom stereocenters. The van der Waals surface area contributed by atoms with Gasteiger partial charge in [0.05, 0.1) is 5.56 Å². The van der Waals surface area contributed by atoms with Crippen molar-refractivity contribution in [1.29, 1.82) is 0 Å². The minimum atomic E-state index is -1.57. The molecule has 3 rings (SSSR count). The Kier molecular flexibility index (Phi) is 4.67. The highest BCUT2D eigenvalue weighted by Crippen LogP contribution is 2.38. The Morgan fingerprint density at radius 3 is 2.60 bits per heavy atom. The summed E-state index contributed by atoms with van der Waals surface area (Å²) in [5.41, 5.74) is 0.446. The molecule has 5 nitrogen and oxygen atoms in total. The second kappa shape index (κ2) is 6.61. The van der Waals surface area contributed by atoms with E-state index in [1.54, 1.807) is 31.2 Å². The van der Waals surface area contributed by atoms with Gasteiger partial charge in [-0.3, -0.25) is 4.79 Å². The van der Waals surface area contributed by atoms with Crippen molar-refractivity contribution in [2.45, 2.75) is 32.4 Å². The Bertz CT molecular complexity index is 848. The summed E-state index contributed by atoms with van der Waals surface area (Å²) in [7, 11) is 0. The van der Waals surface area contributed by atoms with Crippen molar-refractivity contribution in [3.8, 4) is 5.75 Å². The molecule has 0 aliphatic carbocycles. The summed E-state index contributed by atoms with van der Waals surface area (Å²) in [4.78, 5) is 13.0. The van der Waals surface area contributed by atoms with E-state index in [-0.39, 0.29) is 17.7 Å². The summed E-state index contributed by atoms with van der Waals surface area (Å²) >= 11 is 3.37. The first-order valence-corrected chi connectivity index (χ1v) is 8.84. The number of rotatable bonds is 3. The first-order valence-electron chi connectivity index (χ1n) is 8.04. The average molecular weight is 403 g/mol. The third-order valence-corrected chi connectivity index (χ3v) is 4.95. The quantitative estimate of drug-likeness (QED) is 0.816. The summed E-state index contributed by atoms with van der Waals surface area (Å²) in [6.07, 6.45) is 0.867. The fraction of sp³-hybridized carbons (Fsp3) is 0.263. The fourth-order valence-electron chi connectivity index (χ4n) is 2.91. The fourth-order valence-corrected chi connectivity index (χ4v) is 3.18. The number of hydrazone groups is 1. The maximum Gasteiger partial charge on any atom is 0.280 e. The van der Waals surface area contributed by atoms with Crippen LogP contribution in [0.5, 0.6) is 5.75 Å². The van der Waals surface area contributed by atoms with E-state index < -0.39 is 11.6 Å². The van der Waals surface area contributed by atoms with Crippen LogP contribution in [-0.2, 0) is 5.72 Å². The van der Waals surface area contributed by atoms with E-state index >= 15 is 0 Å². The van der Waals surface area contributed by atoms with Gasteiger partial charge in [0.1, 0.15) is 5.75 Å². The first kappa shape index (κ1) is 17.6. The predicted molar refractivity (Wildman–Crippen MR) is 99.4 cm³/mol. The van der Waals surface area contributed by atoms with Crippen LogP contribution in [0.4, 0.5) is 0 Å². The van der Waals surface area contributed by atoms with Crippen LogP contribution in [0, 0.1) is 6.92 Å². The number of carbonyl (C=O) groups excluding carboxylic acids is 1. The van der Waals surface area contributed by atoms with Crippen molar-refractivity contribution >= 4 is 27.5 Å². The van der Waals surface area contributed by atoms with Crippen LogP contribution in [0.3, 0.4) is 0 Å². The molecule has 2 aromatic carbocycles. The van der Waals surface area contributed by atoms with E-state index in [0.717, 1.165) is 15.2 Å². The van der Waals surface area contributed by atoms with Gasteiger partial charge in [-0.1, -0.05) is 47.1 Å². The molecule has 6 heteroatoms. The van der Waals surface area contributed by atoms with E-state index in [1.807, 2.05) is 19.1 Å². The standard InChI is InChI=1S/C19H19BrN2O3/c1-3-15-11-19(25,13-7-9-14(20)10-8-13)22(21-15)18(24)16-6-4-5-12(2)17(16)23/h4-10,23,25H,3,11H2,1-2H3. The molecule has 1 atom stereocenters. The lowest BCUT2D eigenvalue weighted by Crippen LogP contribution is -2.43. The zero-order chi connectivity index (χ0) is 18.2. The molecule has 0 bridgehead atoms. The molecule has 0 saturated heterocycles. The van der Waals surface area contributed by atoms with Crippen LogP contribution < -0.4 is 0 Å². The number of aromatic hydroxyl groups is 1. The monoisotopic (exact) mass is 402 g/mol. The number of hydrogen-bond donors (Lipinski definition) is 2. The molecule has 1 amide bonds. The van der Waals surface area contributed by atoms with E-state index in [4.69, 9.17) is 0 Å². The Labute approximate surface area is 154 Å². The second-order valence-electron chi connectivity index (χ2n) is 6.11. The third-order valence-electron chi connectivity index (χ3n) is 4.42. The lowest BCUT2D eigenvalue weighted by molar-refractivity contribution is -0.0766. The molecule has 2 aromatic rings. The van der Waals surface area contributed by atoms with Gasteiger partial charge in [0.25, 0.3) is 5.91 Å². The van der Waals surface area contributed by atoms with Crippen molar-refractivity contribution in [1.82, 2.24) is 5.01 Å². The number of amides is 1. The minimum absolute atomic E-state index is 0.0918. The van der Waals surface area contributed by atoms with Crippen LogP contribution >= 0.6 is 15.9 Å². The normalized spacial score (nSPS) is 19.8. The van der Waals surface area contributed by atoms with Gasteiger partial charge < -0.3 is 10.2 Å². The molecule has 0 saturated carbocycles. The van der Waals surface area contributed by atoms with Crippen molar-refractivity contribution in [3.63, 3.8) is 0 Å². The van der Waals surface area contributed by atoms with Crippen LogP contribution in [-0.4, -0.2) is 26.8 Å². The summed E-state index contributed by atoms with van der Waals surface area (Å²) in [6, 6.07) is 12.1. The van der Waals surface area contributed by atoms with Gasteiger partial charge in [-0.15, -0.1) is 0 Å². The number of aryl methyl sites for hydroxylation is 1. The Morgan fingerprint density at radius 1 is 1.28 bits per heavy atom. The van der Waals surface area contributed by atoms with Crippen LogP contribution in [0.2, 0.25) is 0 Å². The summed E-state index contributed by atoms with van der Waals surface area (Å²) in [5, 5.41) is 27.0. The molecular weight excluding hydrogens is 384 g/mol. The van der Waals surface area contributed by atoms with Gasteiger partial charge in [-0.05, 0) is 37.1 Å². The zero-order valence-corrected chi connectivity index (χ0v) is 15.6. The smallest absolute Gasteiger partial charge is 0.280 e. The zero-order valence-electron chi connectivity index (χ0n) is 14.0. The Balaban J connectivity index is 2.07. The van der Waals surface area contributed by atoms with Gasteiger partial charge in [-0.25, -0.2) is 0 Å². The molecule has 130 valence electrons. The van der Waals surface area contributed by atoms with Crippen molar-refractivity contribution in [2.24, 2.45) is 5.10 Å². The number of benzene rings is 2. The molecule has 1 aliphatic heterocycles. The number of aliphatic hydroxyl groups is 1. The Morgan fingerprint density at radius 2 is 1.96 bits per heavy atom. The first-order chi connectivity index (χ1) is 11.9. The lowest BCUT2D eigenvalue weighted by atomic mass is 9.96. The molecule has 0 fully saturated rings. The highest BCUT2D eigenvalue weighted by atomic mass is 79.9. The highest BCUT2D eigenvalue weighted by molar-refractivity contribution is 9.10. The lowest BCUT2D eigenvalue weighted by Gasteiger charge is -2.31. The topological polar surface area (TPSA) is 73.1 Å². The molecule has 25 heavy (non-hydrogen) atoms. The van der Waals surface area contributed by atoms with Gasteiger partial charge >= 0.3 is 0 Å². The van der Waals surface area contributed by atoms with E-state index in [0.29, 0.717) is 17.5 Å². The molecular formula is C19H19BrN2O3. The molecule has 0 radical (unpaired) electrons. The van der Waals surface area contributed by atoms with E-state index in [1.165, 1.54) is 6.07 Å². The summed E-state index contributed by atoms with van der Waals surface area (Å²) in [5.74, 6) is -0.624. The summed E-state index contributed by atoms with van der Waals surface area (Å²) in [6.45, 7) is 3.65. The number of nitrogens with zero attached hydrogens (tertiary/aromatic N) is 2. The SMILES string of the molecule is CCC1=NN(C(=O)c2cccc(C)c2O)C(O)(c2ccc(Br)cc2)C1. The number of carbonyl (C=O) groups is 1. The molecule has 2 N–H and O–H groups in total. The summed E-state index contributed by atoms with van der Waals surface area (Å²) < 4.78 is 0.878. The highest BCUT2D eigenvalue weighted by Gasteiger charge is 2.46. The maximum absolute atomic E-state index is 13.0. The number of phenols is 1. The largest absolute Gasteiger partial charge is 0.507 e. The van der Waals surface area contributed by atoms with Crippen molar-refractivity contribution in [2.75, 3.05) is 0 Å². The number of phenolic OH excluding ortho intramolecular Hbond substituents is 1. The van der Waals surface area contributed by atoms with Crippen LogP contribution in [0.1, 0.15) is 41.3 Å². The predicted octanol–water partition coefficient (Wildman–Crippen LogP) is 3.92. The number of para-hydroxylation sites is 1. The number of hydrogen-bond acceptors (Lipinski definition) is 4. The van der Waals surface area contributed by atoms with Crippen molar-refractivity contribution in [3.05, 3.63) is 63.6 Å². The molecule has 0 aromatic heterocycles. The van der Waals surface area contributed by atoms with Gasteiger partial charge in [0.2, 0.25) is 0 Å². The van der Waals surface area contributed by atoms with Gasteiger partial charge in [-0.2, -0.15) is 10.1 Å². The Hall–Kier alpha value is -2.18. The number of halogens is 1. The van der Waals surface area contributed by atoms with E-state index in [2.05, 4.69) is 21.0 Å². The molecule has 1 aliphatic rings. The van der Waals surface area contributed by atoms with E-state index in [9.17, 15) is 15.0 Å². The minimum Gasteiger partial charge on any atom is -0.507 e. The average Bonchev–Trinajstić information content (AvgIpc) is 2.95. The van der Waals surface area contributed by atoms with Crippen LogP contribution in [0.15, 0.2) is 52.0 Å².